The zero-order chi connectivity index (χ0) is 13.1. The second-order valence-corrected chi connectivity index (χ2v) is 7.42. The first-order chi connectivity index (χ1) is 9.20. The molecule has 6 unspecified atom stereocenters. The maximum atomic E-state index is 12.7. The number of nitrogens with two attached hydrogens (primary N) is 1. The monoisotopic (exact) mass is 262 g/mol. The van der Waals surface area contributed by atoms with Gasteiger partial charge in [-0.1, -0.05) is 13.3 Å². The highest BCUT2D eigenvalue weighted by Crippen LogP contribution is 2.69. The molecule has 1 saturated heterocycles. The van der Waals surface area contributed by atoms with Crippen molar-refractivity contribution in [2.45, 2.75) is 45.1 Å². The van der Waals surface area contributed by atoms with Crippen molar-refractivity contribution in [3.8, 4) is 0 Å². The van der Waals surface area contributed by atoms with Crippen LogP contribution in [-0.4, -0.2) is 29.9 Å². The molecule has 0 radical (unpaired) electrons. The summed E-state index contributed by atoms with van der Waals surface area (Å²) in [5.41, 5.74) is 6.15. The minimum atomic E-state index is 0.309. The molecule has 3 saturated carbocycles. The Morgan fingerprint density at radius 3 is 2.53 bits per heavy atom. The molecule has 4 aliphatic rings. The Labute approximate surface area is 115 Å². The van der Waals surface area contributed by atoms with Gasteiger partial charge in [0.25, 0.3) is 0 Å². The Morgan fingerprint density at radius 2 is 1.89 bits per heavy atom. The highest BCUT2D eigenvalue weighted by atomic mass is 16.2. The topological polar surface area (TPSA) is 46.3 Å². The molecule has 3 nitrogen and oxygen atoms in total. The van der Waals surface area contributed by atoms with Crippen molar-refractivity contribution in [3.63, 3.8) is 0 Å². The van der Waals surface area contributed by atoms with Crippen LogP contribution in [0.15, 0.2) is 0 Å². The number of nitrogens with zero attached hydrogens (tertiary/aromatic N) is 1. The fourth-order valence-corrected chi connectivity index (χ4v) is 5.55. The lowest BCUT2D eigenvalue weighted by atomic mass is 9.90. The van der Waals surface area contributed by atoms with Crippen LogP contribution in [0.5, 0.6) is 0 Å². The lowest BCUT2D eigenvalue weighted by molar-refractivity contribution is -0.135. The van der Waals surface area contributed by atoms with E-state index in [0.29, 0.717) is 23.8 Å². The summed E-state index contributed by atoms with van der Waals surface area (Å²) in [7, 11) is 0. The molecule has 0 aromatic rings. The third-order valence-corrected chi connectivity index (χ3v) is 6.65. The third-order valence-electron chi connectivity index (χ3n) is 6.65. The van der Waals surface area contributed by atoms with Gasteiger partial charge in [-0.05, 0) is 55.3 Å². The van der Waals surface area contributed by atoms with E-state index in [1.54, 1.807) is 0 Å². The van der Waals surface area contributed by atoms with Crippen molar-refractivity contribution >= 4 is 5.91 Å². The molecule has 0 spiro atoms. The molecule has 3 aliphatic carbocycles. The molecular formula is C16H26N2O. The molecule has 2 bridgehead atoms. The van der Waals surface area contributed by atoms with E-state index in [1.165, 1.54) is 19.3 Å². The van der Waals surface area contributed by atoms with Gasteiger partial charge in [0.15, 0.2) is 0 Å². The van der Waals surface area contributed by atoms with E-state index < -0.39 is 0 Å². The van der Waals surface area contributed by atoms with Gasteiger partial charge in [-0.2, -0.15) is 0 Å². The molecule has 0 aromatic carbocycles. The van der Waals surface area contributed by atoms with Crippen LogP contribution in [-0.2, 0) is 4.79 Å². The predicted octanol–water partition coefficient (Wildman–Crippen LogP) is 1.86. The molecular weight excluding hydrogens is 236 g/mol. The molecule has 0 aromatic heterocycles. The number of carbonyl (C=O) groups excluding carboxylic acids is 1. The molecule has 6 atom stereocenters. The van der Waals surface area contributed by atoms with E-state index in [9.17, 15) is 4.79 Å². The zero-order valence-electron chi connectivity index (χ0n) is 11.9. The summed E-state index contributed by atoms with van der Waals surface area (Å²) >= 11 is 0. The van der Waals surface area contributed by atoms with Crippen molar-refractivity contribution in [1.29, 1.82) is 0 Å². The Kier molecular flexibility index (Phi) is 2.70. The van der Waals surface area contributed by atoms with E-state index in [1.807, 2.05) is 0 Å². The number of carbonyl (C=O) groups is 1. The maximum absolute atomic E-state index is 12.7. The van der Waals surface area contributed by atoms with Crippen molar-refractivity contribution < 1.29 is 4.79 Å². The van der Waals surface area contributed by atoms with Gasteiger partial charge in [-0.15, -0.1) is 0 Å². The van der Waals surface area contributed by atoms with Gasteiger partial charge < -0.3 is 10.6 Å². The van der Waals surface area contributed by atoms with Gasteiger partial charge >= 0.3 is 0 Å². The number of hydrogen-bond donors (Lipinski definition) is 1. The van der Waals surface area contributed by atoms with E-state index in [-0.39, 0.29) is 0 Å². The fraction of sp³-hybridized carbons (Fsp3) is 0.938. The highest BCUT2D eigenvalue weighted by Gasteiger charge is 2.68. The minimum absolute atomic E-state index is 0.309. The van der Waals surface area contributed by atoms with Crippen LogP contribution < -0.4 is 5.73 Å². The van der Waals surface area contributed by atoms with Gasteiger partial charge in [0.2, 0.25) is 5.91 Å². The number of rotatable bonds is 2. The summed E-state index contributed by atoms with van der Waals surface area (Å²) in [5, 5.41) is 0. The zero-order valence-corrected chi connectivity index (χ0v) is 11.9. The summed E-state index contributed by atoms with van der Waals surface area (Å²) < 4.78 is 0. The summed E-state index contributed by atoms with van der Waals surface area (Å²) in [5.74, 6) is 4.78. The molecule has 4 rings (SSSR count). The second kappa shape index (κ2) is 4.21. The van der Waals surface area contributed by atoms with Crippen molar-refractivity contribution in [2.75, 3.05) is 13.1 Å². The first-order valence-corrected chi connectivity index (χ1v) is 8.25. The van der Waals surface area contributed by atoms with Crippen LogP contribution in [0.3, 0.4) is 0 Å². The average molecular weight is 262 g/mol. The third kappa shape index (κ3) is 1.70. The number of amides is 1. The van der Waals surface area contributed by atoms with Gasteiger partial charge in [0.05, 0.1) is 0 Å². The minimum Gasteiger partial charge on any atom is -0.342 e. The van der Waals surface area contributed by atoms with Gasteiger partial charge in [-0.3, -0.25) is 4.79 Å². The van der Waals surface area contributed by atoms with Crippen LogP contribution in [0.1, 0.15) is 39.0 Å². The van der Waals surface area contributed by atoms with Crippen molar-refractivity contribution in [1.82, 2.24) is 4.90 Å². The highest BCUT2D eigenvalue weighted by molar-refractivity contribution is 5.83. The molecule has 3 heteroatoms. The SMILES string of the molecule is CCC1CN(C(=O)C2C3C4CCC(C4)C23)CCC1N. The van der Waals surface area contributed by atoms with E-state index in [4.69, 9.17) is 5.73 Å². The normalized spacial score (nSPS) is 51.3. The Balaban J connectivity index is 1.42. The first-order valence-electron chi connectivity index (χ1n) is 8.25. The Bertz CT molecular complexity index is 380. The molecule has 4 fully saturated rings. The van der Waals surface area contributed by atoms with Crippen LogP contribution in [0, 0.1) is 35.5 Å². The first kappa shape index (κ1) is 12.2. The standard InChI is InChI=1S/C16H26N2O/c1-2-9-8-18(6-5-12(9)17)16(19)15-13-10-3-4-11(7-10)14(13)15/h9-15H,2-8,17H2,1H3. The van der Waals surface area contributed by atoms with Gasteiger partial charge in [0, 0.05) is 25.0 Å². The molecule has 1 amide bonds. The van der Waals surface area contributed by atoms with Gasteiger partial charge in [-0.25, -0.2) is 0 Å². The summed E-state index contributed by atoms with van der Waals surface area (Å²) in [6, 6.07) is 0.309. The molecule has 1 aliphatic heterocycles. The van der Waals surface area contributed by atoms with Crippen molar-refractivity contribution in [2.24, 2.45) is 41.2 Å². The fourth-order valence-electron chi connectivity index (χ4n) is 5.55. The van der Waals surface area contributed by atoms with Gasteiger partial charge in [0.1, 0.15) is 0 Å². The average Bonchev–Trinajstić information content (AvgIpc) is 2.86. The molecule has 2 N–H and O–H groups in total. The summed E-state index contributed by atoms with van der Waals surface area (Å²) in [6.45, 7) is 4.02. The number of likely N-dealkylation sites (tertiary alicyclic amines) is 1. The Hall–Kier alpha value is -0.570. The molecule has 19 heavy (non-hydrogen) atoms. The number of fused-ring (bicyclic) bond motifs is 5. The van der Waals surface area contributed by atoms with Crippen LogP contribution in [0.2, 0.25) is 0 Å². The van der Waals surface area contributed by atoms with E-state index >= 15 is 0 Å². The smallest absolute Gasteiger partial charge is 0.226 e. The molecule has 1 heterocycles. The second-order valence-electron chi connectivity index (χ2n) is 7.42. The Morgan fingerprint density at radius 1 is 1.21 bits per heavy atom. The summed E-state index contributed by atoms with van der Waals surface area (Å²) in [6.07, 6.45) is 6.34. The van der Waals surface area contributed by atoms with E-state index in [2.05, 4.69) is 11.8 Å². The number of piperidine rings is 1. The predicted molar refractivity (Wildman–Crippen MR) is 74.3 cm³/mol. The maximum Gasteiger partial charge on any atom is 0.226 e. The van der Waals surface area contributed by atoms with E-state index in [0.717, 1.165) is 49.6 Å². The van der Waals surface area contributed by atoms with Crippen LogP contribution in [0.4, 0.5) is 0 Å². The van der Waals surface area contributed by atoms with Crippen molar-refractivity contribution in [3.05, 3.63) is 0 Å². The summed E-state index contributed by atoms with van der Waals surface area (Å²) in [4.78, 5) is 14.9. The molecule has 106 valence electrons. The quantitative estimate of drug-likeness (QED) is 0.825. The lowest BCUT2D eigenvalue weighted by Crippen LogP contribution is -2.49. The number of hydrogen-bond acceptors (Lipinski definition) is 2. The lowest BCUT2D eigenvalue weighted by Gasteiger charge is -2.37. The largest absolute Gasteiger partial charge is 0.342 e. The van der Waals surface area contributed by atoms with Crippen LogP contribution in [0.25, 0.3) is 0 Å². The van der Waals surface area contributed by atoms with Crippen LogP contribution >= 0.6 is 0 Å².